The molecule has 0 saturated carbocycles. The lowest BCUT2D eigenvalue weighted by Gasteiger charge is -2.13. The third-order valence-electron chi connectivity index (χ3n) is 3.82. The fourth-order valence-corrected chi connectivity index (χ4v) is 4.28. The number of rotatable bonds is 3. The summed E-state index contributed by atoms with van der Waals surface area (Å²) in [6.07, 6.45) is 1.07. The standard InChI is InChI=1S/C17H16ClN5S2/c1-10-3-4-11(18)7-12(10)15-21-13(8-24-15)14-9-25-17(22-14)23-16-19-5-2-6-20-16/h3-4,7-9H,2,5-6H2,1H3,(H2,19,20,22,23). The average Bonchev–Trinajstić information content (AvgIpc) is 3.27. The zero-order chi connectivity index (χ0) is 17.2. The van der Waals surface area contributed by atoms with Crippen molar-refractivity contribution >= 4 is 45.4 Å². The zero-order valence-corrected chi connectivity index (χ0v) is 15.9. The molecule has 0 amide bonds. The first-order valence-corrected chi connectivity index (χ1v) is 10.1. The Kier molecular flexibility index (Phi) is 4.70. The van der Waals surface area contributed by atoms with E-state index >= 15 is 0 Å². The van der Waals surface area contributed by atoms with E-state index in [0.717, 1.165) is 63.1 Å². The molecule has 1 aromatic carbocycles. The van der Waals surface area contributed by atoms with Crippen molar-refractivity contribution in [3.63, 3.8) is 0 Å². The summed E-state index contributed by atoms with van der Waals surface area (Å²) < 4.78 is 0. The number of aromatic nitrogens is 2. The fourth-order valence-electron chi connectivity index (χ4n) is 2.51. The van der Waals surface area contributed by atoms with E-state index in [1.807, 2.05) is 29.0 Å². The van der Waals surface area contributed by atoms with Crippen LogP contribution in [0, 0.1) is 6.92 Å². The number of hydrogen-bond donors (Lipinski definition) is 2. The average molecular weight is 390 g/mol. The van der Waals surface area contributed by atoms with E-state index in [1.54, 1.807) is 22.7 Å². The molecule has 0 spiro atoms. The van der Waals surface area contributed by atoms with Gasteiger partial charge < -0.3 is 10.6 Å². The maximum Gasteiger partial charge on any atom is 0.197 e. The summed E-state index contributed by atoms with van der Waals surface area (Å²) in [7, 11) is 0. The molecule has 2 aromatic heterocycles. The molecule has 0 bridgehead atoms. The minimum Gasteiger partial charge on any atom is -0.356 e. The van der Waals surface area contributed by atoms with Crippen molar-refractivity contribution in [2.75, 3.05) is 18.4 Å². The van der Waals surface area contributed by atoms with Crippen LogP contribution in [-0.4, -0.2) is 29.0 Å². The van der Waals surface area contributed by atoms with Crippen molar-refractivity contribution < 1.29 is 0 Å². The third kappa shape index (κ3) is 3.68. The van der Waals surface area contributed by atoms with Crippen LogP contribution in [0.15, 0.2) is 34.0 Å². The molecule has 8 heteroatoms. The Morgan fingerprint density at radius 2 is 2.00 bits per heavy atom. The number of hydrogen-bond acceptors (Lipinski definition) is 7. The molecule has 0 saturated heterocycles. The minimum absolute atomic E-state index is 0.721. The second kappa shape index (κ2) is 7.11. The van der Waals surface area contributed by atoms with Gasteiger partial charge in [-0.2, -0.15) is 0 Å². The Morgan fingerprint density at radius 1 is 1.16 bits per heavy atom. The van der Waals surface area contributed by atoms with Crippen LogP contribution in [0.2, 0.25) is 5.02 Å². The molecular weight excluding hydrogens is 374 g/mol. The predicted molar refractivity (Wildman–Crippen MR) is 107 cm³/mol. The van der Waals surface area contributed by atoms with Crippen molar-refractivity contribution in [3.05, 3.63) is 39.5 Å². The van der Waals surface area contributed by atoms with Crippen LogP contribution in [0.25, 0.3) is 22.0 Å². The molecule has 128 valence electrons. The summed E-state index contributed by atoms with van der Waals surface area (Å²) in [5, 5.41) is 13.0. The lowest BCUT2D eigenvalue weighted by atomic mass is 10.1. The lowest BCUT2D eigenvalue weighted by molar-refractivity contribution is 0.740. The molecule has 1 aliphatic heterocycles. The third-order valence-corrected chi connectivity index (χ3v) is 5.69. The van der Waals surface area contributed by atoms with E-state index in [2.05, 4.69) is 27.5 Å². The predicted octanol–water partition coefficient (Wildman–Crippen LogP) is 4.66. The van der Waals surface area contributed by atoms with E-state index in [9.17, 15) is 0 Å². The van der Waals surface area contributed by atoms with Crippen LogP contribution < -0.4 is 10.6 Å². The van der Waals surface area contributed by atoms with Crippen molar-refractivity contribution in [2.24, 2.45) is 4.99 Å². The minimum atomic E-state index is 0.721. The van der Waals surface area contributed by atoms with Gasteiger partial charge in [0, 0.05) is 34.4 Å². The second-order valence-corrected chi connectivity index (χ2v) is 7.82. The number of nitrogens with zero attached hydrogens (tertiary/aromatic N) is 3. The summed E-state index contributed by atoms with van der Waals surface area (Å²) in [4.78, 5) is 13.8. The Hall–Kier alpha value is -1.96. The number of anilines is 1. The number of aryl methyl sites for hydroxylation is 1. The SMILES string of the molecule is Cc1ccc(Cl)cc1-c1nc(-c2csc(NC3=NCCCN3)n2)cs1. The summed E-state index contributed by atoms with van der Waals surface area (Å²) >= 11 is 9.28. The highest BCUT2D eigenvalue weighted by atomic mass is 35.5. The van der Waals surface area contributed by atoms with Gasteiger partial charge in [-0.1, -0.05) is 17.7 Å². The maximum absolute atomic E-state index is 6.13. The molecule has 5 nitrogen and oxygen atoms in total. The lowest BCUT2D eigenvalue weighted by Crippen LogP contribution is -2.35. The van der Waals surface area contributed by atoms with E-state index in [1.165, 1.54) is 0 Å². The molecule has 0 aliphatic carbocycles. The highest BCUT2D eigenvalue weighted by Crippen LogP contribution is 2.33. The molecule has 2 N–H and O–H groups in total. The van der Waals surface area contributed by atoms with E-state index < -0.39 is 0 Å². The molecule has 1 aliphatic rings. The first-order chi connectivity index (χ1) is 12.2. The van der Waals surface area contributed by atoms with Gasteiger partial charge in [0.15, 0.2) is 11.1 Å². The van der Waals surface area contributed by atoms with Gasteiger partial charge >= 0.3 is 0 Å². The topological polar surface area (TPSA) is 62.2 Å². The monoisotopic (exact) mass is 389 g/mol. The first-order valence-electron chi connectivity index (χ1n) is 7.92. The Morgan fingerprint density at radius 3 is 2.84 bits per heavy atom. The maximum atomic E-state index is 6.13. The molecule has 0 radical (unpaired) electrons. The quantitative estimate of drug-likeness (QED) is 0.684. The summed E-state index contributed by atoms with van der Waals surface area (Å²) in [5.74, 6) is 0.792. The van der Waals surface area contributed by atoms with Crippen molar-refractivity contribution in [2.45, 2.75) is 13.3 Å². The van der Waals surface area contributed by atoms with Crippen LogP contribution in [0.4, 0.5) is 5.13 Å². The number of guanidine groups is 1. The van der Waals surface area contributed by atoms with Gasteiger partial charge in [-0.3, -0.25) is 4.99 Å². The van der Waals surface area contributed by atoms with E-state index in [4.69, 9.17) is 16.6 Å². The Labute approximate surface area is 158 Å². The van der Waals surface area contributed by atoms with E-state index in [-0.39, 0.29) is 0 Å². The van der Waals surface area contributed by atoms with Crippen molar-refractivity contribution in [1.82, 2.24) is 15.3 Å². The zero-order valence-electron chi connectivity index (χ0n) is 13.5. The Balaban J connectivity index is 1.56. The van der Waals surface area contributed by atoms with Crippen LogP contribution in [-0.2, 0) is 0 Å². The van der Waals surface area contributed by atoms with Crippen molar-refractivity contribution in [1.29, 1.82) is 0 Å². The van der Waals surface area contributed by atoms with Crippen molar-refractivity contribution in [3.8, 4) is 22.0 Å². The molecule has 4 rings (SSSR count). The van der Waals surface area contributed by atoms with Gasteiger partial charge in [-0.15, -0.1) is 22.7 Å². The first kappa shape index (κ1) is 16.5. The largest absolute Gasteiger partial charge is 0.356 e. The number of nitrogens with one attached hydrogen (secondary N) is 2. The smallest absolute Gasteiger partial charge is 0.197 e. The number of aliphatic imine (C=N–C) groups is 1. The molecule has 0 fully saturated rings. The van der Waals surface area contributed by atoms with Gasteiger partial charge in [0.1, 0.15) is 16.4 Å². The van der Waals surface area contributed by atoms with Gasteiger partial charge in [-0.25, -0.2) is 9.97 Å². The number of thiazole rings is 2. The van der Waals surface area contributed by atoms with E-state index in [0.29, 0.717) is 0 Å². The highest BCUT2D eigenvalue weighted by molar-refractivity contribution is 7.14. The number of halogens is 1. The van der Waals surface area contributed by atoms with Crippen LogP contribution in [0.5, 0.6) is 0 Å². The molecule has 3 heterocycles. The van der Waals surface area contributed by atoms with Crippen LogP contribution in [0.3, 0.4) is 0 Å². The normalized spacial score (nSPS) is 14.1. The van der Waals surface area contributed by atoms with Gasteiger partial charge in [0.25, 0.3) is 0 Å². The summed E-state index contributed by atoms with van der Waals surface area (Å²) in [6.45, 7) is 3.86. The molecule has 3 aromatic rings. The van der Waals surface area contributed by atoms with Gasteiger partial charge in [-0.05, 0) is 31.0 Å². The number of benzene rings is 1. The Bertz CT molecular complexity index is 931. The van der Waals surface area contributed by atoms with Gasteiger partial charge in [0.2, 0.25) is 0 Å². The summed E-state index contributed by atoms with van der Waals surface area (Å²) in [6, 6.07) is 5.87. The highest BCUT2D eigenvalue weighted by Gasteiger charge is 2.13. The molecular formula is C17H16ClN5S2. The van der Waals surface area contributed by atoms with Crippen LogP contribution >= 0.6 is 34.3 Å². The second-order valence-electron chi connectivity index (χ2n) is 5.67. The molecule has 0 unspecified atom stereocenters. The molecule has 25 heavy (non-hydrogen) atoms. The molecule has 0 atom stereocenters. The fraction of sp³-hybridized carbons (Fsp3) is 0.235. The van der Waals surface area contributed by atoms with Crippen LogP contribution in [0.1, 0.15) is 12.0 Å². The summed E-state index contributed by atoms with van der Waals surface area (Å²) in [5.41, 5.74) is 3.97. The van der Waals surface area contributed by atoms with Gasteiger partial charge in [0.05, 0.1) is 0 Å².